The number of fused-ring (bicyclic) bond motifs is 1. The SMILES string of the molecule is COC[C@H]1N[C@@H](c2cn(COCc3ccccc3)c3c(OC)ncnc23)[C@@H](F)[C@@H]1OCc1ccc(OC)cc1. The Bertz CT molecular complexity index is 1350. The largest absolute Gasteiger partial charge is 0.497 e. The van der Waals surface area contributed by atoms with Crippen LogP contribution in [0.4, 0.5) is 4.39 Å². The van der Waals surface area contributed by atoms with E-state index in [1.807, 2.05) is 65.4 Å². The van der Waals surface area contributed by atoms with Crippen molar-refractivity contribution in [2.24, 2.45) is 0 Å². The zero-order valence-electron chi connectivity index (χ0n) is 22.2. The van der Waals surface area contributed by atoms with Crippen molar-refractivity contribution in [3.8, 4) is 11.6 Å². The zero-order valence-corrected chi connectivity index (χ0v) is 22.2. The van der Waals surface area contributed by atoms with Crippen molar-refractivity contribution in [1.82, 2.24) is 19.9 Å². The van der Waals surface area contributed by atoms with Crippen molar-refractivity contribution in [2.45, 2.75) is 44.3 Å². The number of ether oxygens (including phenoxy) is 5. The summed E-state index contributed by atoms with van der Waals surface area (Å²) in [6.07, 6.45) is 1.20. The third-order valence-electron chi connectivity index (χ3n) is 6.88. The zero-order chi connectivity index (χ0) is 27.2. The van der Waals surface area contributed by atoms with Gasteiger partial charge in [-0.05, 0) is 23.3 Å². The second-order valence-corrected chi connectivity index (χ2v) is 9.37. The molecule has 0 spiro atoms. The Labute approximate surface area is 226 Å². The molecule has 0 radical (unpaired) electrons. The molecule has 10 heteroatoms. The highest BCUT2D eigenvalue weighted by molar-refractivity contribution is 5.84. The lowest BCUT2D eigenvalue weighted by atomic mass is 10.0. The van der Waals surface area contributed by atoms with Gasteiger partial charge in [-0.2, -0.15) is 4.98 Å². The minimum atomic E-state index is -1.35. The number of aromatic nitrogens is 3. The van der Waals surface area contributed by atoms with Crippen LogP contribution in [0, 0.1) is 0 Å². The molecule has 1 N–H and O–H groups in total. The number of hydrogen-bond donors (Lipinski definition) is 1. The predicted molar refractivity (Wildman–Crippen MR) is 143 cm³/mol. The number of alkyl halides is 1. The van der Waals surface area contributed by atoms with E-state index in [0.717, 1.165) is 16.9 Å². The summed E-state index contributed by atoms with van der Waals surface area (Å²) in [5.41, 5.74) is 3.89. The molecule has 0 amide bonds. The number of nitrogens with zero attached hydrogens (tertiary/aromatic N) is 3. The minimum Gasteiger partial charge on any atom is -0.497 e. The number of methoxy groups -OCH3 is 3. The number of benzene rings is 2. The van der Waals surface area contributed by atoms with Crippen LogP contribution < -0.4 is 14.8 Å². The van der Waals surface area contributed by atoms with Gasteiger partial charge < -0.3 is 28.3 Å². The standard InChI is InChI=1S/C29H33FN4O5/c1-35-16-23-28(39-15-20-9-11-21(36-2)12-10-20)24(30)25(33-23)22-13-34(18-38-14-19-7-5-4-6-8-19)27-26(22)31-17-32-29(27)37-3/h4-13,17,23-25,28,33H,14-16,18H2,1-3H3/t23-,24-,25+,28-/m1/s1. The van der Waals surface area contributed by atoms with Gasteiger partial charge in [-0.1, -0.05) is 42.5 Å². The van der Waals surface area contributed by atoms with Gasteiger partial charge in [0.05, 0.1) is 46.1 Å². The van der Waals surface area contributed by atoms with Gasteiger partial charge >= 0.3 is 0 Å². The monoisotopic (exact) mass is 536 g/mol. The van der Waals surface area contributed by atoms with E-state index in [0.29, 0.717) is 35.7 Å². The van der Waals surface area contributed by atoms with Gasteiger partial charge in [0.1, 0.15) is 42.1 Å². The van der Waals surface area contributed by atoms with Crippen LogP contribution in [0.25, 0.3) is 11.0 Å². The Kier molecular flexibility index (Phi) is 8.67. The Hall–Kier alpha value is -3.57. The third-order valence-corrected chi connectivity index (χ3v) is 6.88. The first-order valence-electron chi connectivity index (χ1n) is 12.8. The van der Waals surface area contributed by atoms with Crippen molar-refractivity contribution in [3.63, 3.8) is 0 Å². The summed E-state index contributed by atoms with van der Waals surface area (Å²) in [4.78, 5) is 8.77. The van der Waals surface area contributed by atoms with Gasteiger partial charge in [0.2, 0.25) is 5.88 Å². The summed E-state index contributed by atoms with van der Waals surface area (Å²) in [7, 11) is 4.76. The number of nitrogens with one attached hydrogen (secondary N) is 1. The van der Waals surface area contributed by atoms with Crippen molar-refractivity contribution in [3.05, 3.63) is 83.8 Å². The summed E-state index contributed by atoms with van der Waals surface area (Å²) in [6.45, 7) is 1.20. The van der Waals surface area contributed by atoms with E-state index >= 15 is 4.39 Å². The first kappa shape index (κ1) is 27.0. The highest BCUT2D eigenvalue weighted by Gasteiger charge is 2.46. The molecular weight excluding hydrogens is 503 g/mol. The van der Waals surface area contributed by atoms with Gasteiger partial charge in [0.15, 0.2) is 0 Å². The van der Waals surface area contributed by atoms with Crippen molar-refractivity contribution in [2.75, 3.05) is 27.9 Å². The molecule has 5 rings (SSSR count). The molecule has 1 saturated heterocycles. The van der Waals surface area contributed by atoms with Gasteiger partial charge in [0.25, 0.3) is 0 Å². The van der Waals surface area contributed by atoms with E-state index in [2.05, 4.69) is 15.3 Å². The predicted octanol–water partition coefficient (Wildman–Crippen LogP) is 4.21. The fourth-order valence-electron chi connectivity index (χ4n) is 4.98. The molecule has 3 heterocycles. The van der Waals surface area contributed by atoms with E-state index in [9.17, 15) is 0 Å². The maximum Gasteiger partial charge on any atom is 0.241 e. The molecule has 0 aliphatic carbocycles. The van der Waals surface area contributed by atoms with Gasteiger partial charge in [-0.25, -0.2) is 9.37 Å². The molecule has 0 unspecified atom stereocenters. The molecule has 0 bridgehead atoms. The van der Waals surface area contributed by atoms with Crippen LogP contribution in [-0.4, -0.2) is 60.8 Å². The molecule has 9 nitrogen and oxygen atoms in total. The highest BCUT2D eigenvalue weighted by Crippen LogP contribution is 2.38. The maximum atomic E-state index is 16.1. The molecule has 39 heavy (non-hydrogen) atoms. The second-order valence-electron chi connectivity index (χ2n) is 9.37. The Morgan fingerprint density at radius 3 is 2.41 bits per heavy atom. The average Bonchev–Trinajstić information content (AvgIpc) is 3.49. The van der Waals surface area contributed by atoms with Crippen LogP contribution in [0.5, 0.6) is 11.6 Å². The molecule has 206 valence electrons. The number of hydrogen-bond acceptors (Lipinski definition) is 8. The summed E-state index contributed by atoms with van der Waals surface area (Å²) < 4.78 is 46.3. The van der Waals surface area contributed by atoms with Crippen LogP contribution in [0.1, 0.15) is 22.7 Å². The second kappa shape index (κ2) is 12.5. The van der Waals surface area contributed by atoms with Crippen LogP contribution >= 0.6 is 0 Å². The molecule has 4 aromatic rings. The average molecular weight is 537 g/mol. The van der Waals surface area contributed by atoms with Crippen LogP contribution in [-0.2, 0) is 34.2 Å². The number of halogens is 1. The van der Waals surface area contributed by atoms with Crippen LogP contribution in [0.2, 0.25) is 0 Å². The van der Waals surface area contributed by atoms with Crippen LogP contribution in [0.3, 0.4) is 0 Å². The molecule has 0 saturated carbocycles. The Balaban J connectivity index is 1.38. The van der Waals surface area contributed by atoms with Crippen LogP contribution in [0.15, 0.2) is 67.1 Å². The lowest BCUT2D eigenvalue weighted by molar-refractivity contribution is -0.0210. The van der Waals surface area contributed by atoms with Gasteiger partial charge in [-0.3, -0.25) is 5.32 Å². The summed E-state index contributed by atoms with van der Waals surface area (Å²) in [5, 5.41) is 3.39. The van der Waals surface area contributed by atoms with E-state index in [1.54, 1.807) is 21.3 Å². The molecule has 2 aromatic carbocycles. The third kappa shape index (κ3) is 5.89. The lowest BCUT2D eigenvalue weighted by Gasteiger charge is -2.20. The normalized spacial score (nSPS) is 20.9. The summed E-state index contributed by atoms with van der Waals surface area (Å²) in [6, 6.07) is 16.4. The van der Waals surface area contributed by atoms with E-state index < -0.39 is 18.3 Å². The van der Waals surface area contributed by atoms with Gasteiger partial charge in [-0.15, -0.1) is 0 Å². The summed E-state index contributed by atoms with van der Waals surface area (Å²) >= 11 is 0. The lowest BCUT2D eigenvalue weighted by Crippen LogP contribution is -2.38. The fourth-order valence-corrected chi connectivity index (χ4v) is 4.98. The maximum absolute atomic E-state index is 16.1. The van der Waals surface area contributed by atoms with Crippen molar-refractivity contribution >= 4 is 11.0 Å². The van der Waals surface area contributed by atoms with E-state index in [1.165, 1.54) is 6.33 Å². The van der Waals surface area contributed by atoms with E-state index in [4.69, 9.17) is 23.7 Å². The fraction of sp³-hybridized carbons (Fsp3) is 0.379. The highest BCUT2D eigenvalue weighted by atomic mass is 19.1. The van der Waals surface area contributed by atoms with Crippen molar-refractivity contribution in [1.29, 1.82) is 0 Å². The molecule has 2 aromatic heterocycles. The Morgan fingerprint density at radius 1 is 0.923 bits per heavy atom. The quantitative estimate of drug-likeness (QED) is 0.288. The van der Waals surface area contributed by atoms with Gasteiger partial charge in [0, 0.05) is 18.9 Å². The molecule has 1 aliphatic rings. The smallest absolute Gasteiger partial charge is 0.241 e. The first-order valence-corrected chi connectivity index (χ1v) is 12.8. The summed E-state index contributed by atoms with van der Waals surface area (Å²) in [5.74, 6) is 1.15. The molecule has 4 atom stereocenters. The Morgan fingerprint density at radius 2 is 1.69 bits per heavy atom. The van der Waals surface area contributed by atoms with E-state index in [-0.39, 0.29) is 19.4 Å². The molecular formula is C29H33FN4O5. The topological polar surface area (TPSA) is 88.9 Å². The number of rotatable bonds is 12. The molecule has 1 aliphatic heterocycles. The first-order chi connectivity index (χ1) is 19.1. The van der Waals surface area contributed by atoms with Crippen molar-refractivity contribution < 1.29 is 28.1 Å². The minimum absolute atomic E-state index is 0.220. The molecule has 1 fully saturated rings.